The maximum atomic E-state index is 2.51. The molecule has 260 valence electrons. The van der Waals surface area contributed by atoms with Crippen LogP contribution < -0.4 is 4.90 Å². The van der Waals surface area contributed by atoms with Gasteiger partial charge in [-0.25, -0.2) is 0 Å². The van der Waals surface area contributed by atoms with E-state index in [4.69, 9.17) is 0 Å². The average molecular weight is 703 g/mol. The van der Waals surface area contributed by atoms with Gasteiger partial charge in [-0.1, -0.05) is 170 Å². The molecule has 2 nitrogen and oxygen atoms in total. The molecule has 0 N–H and O–H groups in total. The van der Waals surface area contributed by atoms with Crippen molar-refractivity contribution in [2.45, 2.75) is 6.92 Å². The van der Waals surface area contributed by atoms with E-state index in [-0.39, 0.29) is 0 Å². The second-order valence-electron chi connectivity index (χ2n) is 14.2. The summed E-state index contributed by atoms with van der Waals surface area (Å²) in [6, 6.07) is 76.7. The minimum Gasteiger partial charge on any atom is -0.311 e. The Bertz CT molecular complexity index is 2840. The van der Waals surface area contributed by atoms with Gasteiger partial charge in [-0.05, 0) is 93.7 Å². The van der Waals surface area contributed by atoms with Crippen molar-refractivity contribution in [3.05, 3.63) is 218 Å². The van der Waals surface area contributed by atoms with Crippen LogP contribution >= 0.6 is 0 Å². The number of benzene rings is 8. The van der Waals surface area contributed by atoms with E-state index in [2.05, 4.69) is 229 Å². The van der Waals surface area contributed by atoms with Crippen LogP contribution in [-0.2, 0) is 0 Å². The first-order chi connectivity index (χ1) is 27.2. The van der Waals surface area contributed by atoms with E-state index in [1.54, 1.807) is 0 Å². The topological polar surface area (TPSA) is 7.65 Å². The molecule has 8 aromatic carbocycles. The molecule has 0 saturated carbocycles. The molecule has 0 saturated heterocycles. The number of nitrogens with zero attached hydrogens (tertiary/aromatic N) is 2. The molecule has 0 bridgehead atoms. The third-order valence-electron chi connectivity index (χ3n) is 11.0. The van der Waals surface area contributed by atoms with Crippen molar-refractivity contribution in [2.75, 3.05) is 4.90 Å². The second kappa shape index (κ2) is 13.7. The zero-order chi connectivity index (χ0) is 36.7. The van der Waals surface area contributed by atoms with Gasteiger partial charge in [0, 0.05) is 33.4 Å². The van der Waals surface area contributed by atoms with Crippen LogP contribution in [0.1, 0.15) is 5.56 Å². The van der Waals surface area contributed by atoms with Gasteiger partial charge in [0.25, 0.3) is 0 Å². The molecule has 10 aromatic rings. The molecule has 0 aliphatic carbocycles. The summed E-state index contributed by atoms with van der Waals surface area (Å²) < 4.78 is 2.51. The van der Waals surface area contributed by atoms with Crippen molar-refractivity contribution in [2.24, 2.45) is 0 Å². The Morgan fingerprint density at radius 2 is 0.709 bits per heavy atom. The Hall–Kier alpha value is -7.16. The molecule has 2 aromatic heterocycles. The van der Waals surface area contributed by atoms with Crippen LogP contribution in [-0.4, -0.2) is 4.40 Å². The first-order valence-corrected chi connectivity index (χ1v) is 18.9. The maximum absolute atomic E-state index is 2.51. The number of para-hydroxylation sites is 1. The van der Waals surface area contributed by atoms with E-state index in [0.717, 1.165) is 17.1 Å². The maximum Gasteiger partial charge on any atom is 0.0622 e. The molecule has 0 fully saturated rings. The van der Waals surface area contributed by atoms with Crippen molar-refractivity contribution in [1.29, 1.82) is 0 Å². The van der Waals surface area contributed by atoms with Crippen LogP contribution in [0.3, 0.4) is 0 Å². The van der Waals surface area contributed by atoms with Crippen molar-refractivity contribution in [3.8, 4) is 44.6 Å². The van der Waals surface area contributed by atoms with Gasteiger partial charge in [-0.3, -0.25) is 0 Å². The number of hydrogen-bond donors (Lipinski definition) is 0. The van der Waals surface area contributed by atoms with Gasteiger partial charge in [0.1, 0.15) is 0 Å². The number of pyridine rings is 1. The third kappa shape index (κ3) is 5.67. The quantitative estimate of drug-likeness (QED) is 0.150. The lowest BCUT2D eigenvalue weighted by Crippen LogP contribution is -2.09. The van der Waals surface area contributed by atoms with Crippen molar-refractivity contribution in [1.82, 2.24) is 4.40 Å². The van der Waals surface area contributed by atoms with Gasteiger partial charge in [0.15, 0.2) is 0 Å². The van der Waals surface area contributed by atoms with E-state index < -0.39 is 0 Å². The van der Waals surface area contributed by atoms with Crippen LogP contribution in [0.2, 0.25) is 0 Å². The summed E-state index contributed by atoms with van der Waals surface area (Å²) in [6.07, 6.45) is 0. The predicted octanol–water partition coefficient (Wildman–Crippen LogP) is 14.7. The van der Waals surface area contributed by atoms with E-state index in [1.807, 2.05) is 0 Å². The molecule has 0 aliphatic rings. The summed E-state index contributed by atoms with van der Waals surface area (Å²) in [4.78, 5) is 2.36. The highest BCUT2D eigenvalue weighted by Gasteiger charge is 2.23. The lowest BCUT2D eigenvalue weighted by molar-refractivity contribution is 1.26. The molecular formula is C53H38N2. The number of hydrogen-bond acceptors (Lipinski definition) is 1. The number of aromatic nitrogens is 1. The van der Waals surface area contributed by atoms with Gasteiger partial charge in [-0.15, -0.1) is 0 Å². The van der Waals surface area contributed by atoms with Crippen molar-refractivity contribution < 1.29 is 0 Å². The van der Waals surface area contributed by atoms with Gasteiger partial charge in [0.2, 0.25) is 0 Å². The molecule has 0 atom stereocenters. The van der Waals surface area contributed by atoms with Crippen molar-refractivity contribution in [3.63, 3.8) is 0 Å². The highest BCUT2D eigenvalue weighted by Crippen LogP contribution is 2.45. The monoisotopic (exact) mass is 702 g/mol. The van der Waals surface area contributed by atoms with Crippen LogP contribution in [0.25, 0.3) is 71.8 Å². The first kappa shape index (κ1) is 32.5. The van der Waals surface area contributed by atoms with Crippen LogP contribution in [0.15, 0.2) is 212 Å². The fourth-order valence-corrected chi connectivity index (χ4v) is 8.39. The Labute approximate surface area is 321 Å². The molecule has 0 amide bonds. The summed E-state index contributed by atoms with van der Waals surface area (Å²) >= 11 is 0. The van der Waals surface area contributed by atoms with Gasteiger partial charge in [-0.2, -0.15) is 0 Å². The summed E-state index contributed by atoms with van der Waals surface area (Å²) in [5.41, 5.74) is 16.7. The zero-order valence-corrected chi connectivity index (χ0v) is 30.6. The Kier molecular flexibility index (Phi) is 8.08. The highest BCUT2D eigenvalue weighted by molar-refractivity contribution is 6.17. The molecule has 0 radical (unpaired) electrons. The summed E-state index contributed by atoms with van der Waals surface area (Å²) in [6.45, 7) is 2.29. The van der Waals surface area contributed by atoms with Crippen LogP contribution in [0.5, 0.6) is 0 Å². The Morgan fingerprint density at radius 3 is 1.22 bits per heavy atom. The highest BCUT2D eigenvalue weighted by atomic mass is 15.1. The standard InChI is InChI=1S/C53H38N2/c1-37-51(42-19-9-4-10-20-42)53-49-23-12-11-21-47(49)48-22-13-14-24-50(48)55(53)52(37)43-29-35-46(36-30-43)54(44-31-25-40(26-32-44)38-15-5-2-6-16-38)45-33-27-41(28-34-45)39-17-7-3-8-18-39/h2-36H,1H3. The zero-order valence-electron chi connectivity index (χ0n) is 30.6. The largest absolute Gasteiger partial charge is 0.311 e. The lowest BCUT2D eigenvalue weighted by Gasteiger charge is -2.26. The summed E-state index contributed by atoms with van der Waals surface area (Å²) in [5.74, 6) is 0. The van der Waals surface area contributed by atoms with Crippen molar-refractivity contribution >= 4 is 44.3 Å². The number of rotatable bonds is 7. The Balaban J connectivity index is 1.14. The molecule has 10 rings (SSSR count). The van der Waals surface area contributed by atoms with Crippen LogP contribution in [0.4, 0.5) is 17.1 Å². The molecule has 0 unspecified atom stereocenters. The molecular weight excluding hydrogens is 665 g/mol. The molecule has 0 aliphatic heterocycles. The van der Waals surface area contributed by atoms with E-state index >= 15 is 0 Å². The fraction of sp³-hybridized carbons (Fsp3) is 0.0189. The summed E-state index contributed by atoms with van der Waals surface area (Å²) in [5, 5.41) is 3.78. The Morgan fingerprint density at radius 1 is 0.327 bits per heavy atom. The minimum atomic E-state index is 1.10. The predicted molar refractivity (Wildman–Crippen MR) is 234 cm³/mol. The second-order valence-corrected chi connectivity index (χ2v) is 14.2. The van der Waals surface area contributed by atoms with E-state index in [9.17, 15) is 0 Å². The minimum absolute atomic E-state index is 1.10. The van der Waals surface area contributed by atoms with Gasteiger partial charge >= 0.3 is 0 Å². The molecule has 2 heterocycles. The SMILES string of the molecule is Cc1c(-c2ccccc2)c2c3ccccc3c3ccccc3n2c1-c1ccc(N(c2ccc(-c3ccccc3)cc2)c2ccc(-c3ccccc3)cc2)cc1. The normalized spacial score (nSPS) is 11.4. The summed E-state index contributed by atoms with van der Waals surface area (Å²) in [7, 11) is 0. The van der Waals surface area contributed by atoms with E-state index in [1.165, 1.54) is 77.4 Å². The number of fused-ring (bicyclic) bond motifs is 6. The smallest absolute Gasteiger partial charge is 0.0622 e. The van der Waals surface area contributed by atoms with E-state index in [0.29, 0.717) is 0 Å². The van der Waals surface area contributed by atoms with Gasteiger partial charge < -0.3 is 9.30 Å². The average Bonchev–Trinajstić information content (AvgIpc) is 3.58. The molecule has 2 heteroatoms. The van der Waals surface area contributed by atoms with Crippen LogP contribution in [0, 0.1) is 6.92 Å². The molecule has 0 spiro atoms. The lowest BCUT2D eigenvalue weighted by atomic mass is 9.97. The fourth-order valence-electron chi connectivity index (χ4n) is 8.39. The van der Waals surface area contributed by atoms with Gasteiger partial charge in [0.05, 0.1) is 16.7 Å². The molecule has 55 heavy (non-hydrogen) atoms. The first-order valence-electron chi connectivity index (χ1n) is 18.9. The third-order valence-corrected chi connectivity index (χ3v) is 11.0. The number of anilines is 3.